The summed E-state index contributed by atoms with van der Waals surface area (Å²) < 4.78 is 10.8. The highest BCUT2D eigenvalue weighted by molar-refractivity contribution is 5.76. The highest BCUT2D eigenvalue weighted by Gasteiger charge is 2.24. The number of carbonyl (C=O) groups is 2. The highest BCUT2D eigenvalue weighted by atomic mass is 16.6. The fourth-order valence-corrected chi connectivity index (χ4v) is 1.78. The lowest BCUT2D eigenvalue weighted by Crippen LogP contribution is -2.41. The van der Waals surface area contributed by atoms with E-state index in [9.17, 15) is 9.59 Å². The second-order valence-corrected chi connectivity index (χ2v) is 6.40. The molecule has 0 aromatic rings. The lowest BCUT2D eigenvalue weighted by Gasteiger charge is -2.27. The van der Waals surface area contributed by atoms with Crippen molar-refractivity contribution in [1.82, 2.24) is 5.32 Å². The van der Waals surface area contributed by atoms with Gasteiger partial charge in [0.05, 0.1) is 12.7 Å². The van der Waals surface area contributed by atoms with E-state index in [4.69, 9.17) is 15.2 Å². The molecule has 0 fully saturated rings. The number of rotatable bonds is 9. The van der Waals surface area contributed by atoms with Crippen LogP contribution in [0.5, 0.6) is 0 Å². The largest absolute Gasteiger partial charge is 0.443 e. The van der Waals surface area contributed by atoms with Crippen LogP contribution in [-0.2, 0) is 14.3 Å². The quantitative estimate of drug-likeness (QED) is 0.683. The average molecular weight is 302 g/mol. The Labute approximate surface area is 127 Å². The van der Waals surface area contributed by atoms with E-state index in [1.54, 1.807) is 6.92 Å². The highest BCUT2D eigenvalue weighted by Crippen LogP contribution is 2.15. The SMILES string of the molecule is CC(CC(C)C(N)=O)NC(=O)OC(C)(C)CCOC(C)C. The number of ether oxygens (including phenoxy) is 2. The minimum absolute atomic E-state index is 0.157. The molecule has 0 bridgehead atoms. The van der Waals surface area contributed by atoms with Gasteiger partial charge in [-0.15, -0.1) is 0 Å². The monoisotopic (exact) mass is 302 g/mol. The van der Waals surface area contributed by atoms with Gasteiger partial charge in [0.25, 0.3) is 0 Å². The Morgan fingerprint density at radius 3 is 2.24 bits per heavy atom. The predicted octanol–water partition coefficient (Wildman–Crippen LogP) is 2.21. The fraction of sp³-hybridized carbons (Fsp3) is 0.867. The zero-order valence-corrected chi connectivity index (χ0v) is 14.1. The van der Waals surface area contributed by atoms with Crippen LogP contribution in [0.4, 0.5) is 4.79 Å². The zero-order chi connectivity index (χ0) is 16.6. The molecular weight excluding hydrogens is 272 g/mol. The molecule has 2 unspecified atom stereocenters. The third kappa shape index (κ3) is 10.1. The summed E-state index contributed by atoms with van der Waals surface area (Å²) in [5.74, 6) is -0.657. The molecule has 0 saturated heterocycles. The van der Waals surface area contributed by atoms with Gasteiger partial charge < -0.3 is 20.5 Å². The van der Waals surface area contributed by atoms with Crippen LogP contribution in [-0.4, -0.2) is 36.4 Å². The summed E-state index contributed by atoms with van der Waals surface area (Å²) in [4.78, 5) is 22.8. The van der Waals surface area contributed by atoms with Gasteiger partial charge in [0.15, 0.2) is 0 Å². The van der Waals surface area contributed by atoms with Gasteiger partial charge in [-0.05, 0) is 41.0 Å². The molecule has 0 spiro atoms. The predicted molar refractivity (Wildman–Crippen MR) is 81.8 cm³/mol. The van der Waals surface area contributed by atoms with Crippen LogP contribution in [0, 0.1) is 5.92 Å². The summed E-state index contributed by atoms with van der Waals surface area (Å²) in [5.41, 5.74) is 4.60. The van der Waals surface area contributed by atoms with Crippen molar-refractivity contribution in [3.8, 4) is 0 Å². The second kappa shape index (κ2) is 8.87. The molecule has 0 aliphatic heterocycles. The molecule has 6 nitrogen and oxygen atoms in total. The van der Waals surface area contributed by atoms with Crippen molar-refractivity contribution in [3.63, 3.8) is 0 Å². The van der Waals surface area contributed by atoms with Gasteiger partial charge in [-0.2, -0.15) is 0 Å². The van der Waals surface area contributed by atoms with Crippen molar-refractivity contribution in [2.45, 2.75) is 72.1 Å². The Kier molecular flexibility index (Phi) is 8.32. The van der Waals surface area contributed by atoms with Gasteiger partial charge >= 0.3 is 6.09 Å². The summed E-state index contributed by atoms with van der Waals surface area (Å²) >= 11 is 0. The Morgan fingerprint density at radius 1 is 1.19 bits per heavy atom. The minimum Gasteiger partial charge on any atom is -0.443 e. The molecule has 124 valence electrons. The third-order valence-corrected chi connectivity index (χ3v) is 3.08. The molecular formula is C15H30N2O4. The minimum atomic E-state index is -0.603. The Hall–Kier alpha value is -1.30. The first-order valence-electron chi connectivity index (χ1n) is 7.44. The van der Waals surface area contributed by atoms with Crippen molar-refractivity contribution >= 4 is 12.0 Å². The molecule has 0 aromatic carbocycles. The zero-order valence-electron chi connectivity index (χ0n) is 14.1. The van der Waals surface area contributed by atoms with Crippen molar-refractivity contribution < 1.29 is 19.1 Å². The maximum absolute atomic E-state index is 11.8. The maximum atomic E-state index is 11.8. The second-order valence-electron chi connectivity index (χ2n) is 6.40. The van der Waals surface area contributed by atoms with Crippen LogP contribution in [0.2, 0.25) is 0 Å². The van der Waals surface area contributed by atoms with E-state index in [2.05, 4.69) is 5.32 Å². The van der Waals surface area contributed by atoms with E-state index in [1.165, 1.54) is 0 Å². The average Bonchev–Trinajstić information content (AvgIpc) is 2.25. The summed E-state index contributed by atoms with van der Waals surface area (Å²) in [6.45, 7) is 11.7. The maximum Gasteiger partial charge on any atom is 0.407 e. The van der Waals surface area contributed by atoms with E-state index >= 15 is 0 Å². The molecule has 21 heavy (non-hydrogen) atoms. The molecule has 3 N–H and O–H groups in total. The summed E-state index contributed by atoms with van der Waals surface area (Å²) in [6, 6.07) is -0.178. The van der Waals surface area contributed by atoms with Crippen LogP contribution in [0.3, 0.4) is 0 Å². The standard InChI is InChI=1S/C15H30N2O4/c1-10(2)20-8-7-15(5,6)21-14(19)17-12(4)9-11(3)13(16)18/h10-12H,7-9H2,1-6H3,(H2,16,18)(H,17,19). The lowest BCUT2D eigenvalue weighted by atomic mass is 10.0. The van der Waals surface area contributed by atoms with Gasteiger partial charge in [-0.3, -0.25) is 4.79 Å². The topological polar surface area (TPSA) is 90.7 Å². The van der Waals surface area contributed by atoms with Gasteiger partial charge in [0.2, 0.25) is 5.91 Å². The molecule has 0 aliphatic carbocycles. The summed E-state index contributed by atoms with van der Waals surface area (Å²) in [5, 5.41) is 2.71. The van der Waals surface area contributed by atoms with Crippen LogP contribution < -0.4 is 11.1 Å². The van der Waals surface area contributed by atoms with Gasteiger partial charge in [0.1, 0.15) is 5.60 Å². The van der Waals surface area contributed by atoms with E-state index in [0.717, 1.165) is 0 Å². The summed E-state index contributed by atoms with van der Waals surface area (Å²) in [7, 11) is 0. The van der Waals surface area contributed by atoms with E-state index < -0.39 is 11.7 Å². The number of amides is 2. The van der Waals surface area contributed by atoms with Crippen LogP contribution in [0.15, 0.2) is 0 Å². The molecule has 0 heterocycles. The number of primary amides is 1. The van der Waals surface area contributed by atoms with Crippen LogP contribution in [0.1, 0.15) is 54.4 Å². The van der Waals surface area contributed by atoms with Crippen LogP contribution in [0.25, 0.3) is 0 Å². The van der Waals surface area contributed by atoms with Crippen molar-refractivity contribution in [1.29, 1.82) is 0 Å². The Bertz CT molecular complexity index is 343. The Morgan fingerprint density at radius 2 is 1.76 bits per heavy atom. The van der Waals surface area contributed by atoms with E-state index in [1.807, 2.05) is 34.6 Å². The number of hydrogen-bond donors (Lipinski definition) is 2. The van der Waals surface area contributed by atoms with E-state index in [-0.39, 0.29) is 24.0 Å². The molecule has 2 atom stereocenters. The van der Waals surface area contributed by atoms with Crippen molar-refractivity contribution in [2.75, 3.05) is 6.61 Å². The first-order valence-corrected chi connectivity index (χ1v) is 7.44. The number of nitrogens with two attached hydrogens (primary N) is 1. The first kappa shape index (κ1) is 19.7. The lowest BCUT2D eigenvalue weighted by molar-refractivity contribution is -0.121. The van der Waals surface area contributed by atoms with Crippen LogP contribution >= 0.6 is 0 Å². The fourth-order valence-electron chi connectivity index (χ4n) is 1.78. The first-order chi connectivity index (χ1) is 9.53. The van der Waals surface area contributed by atoms with Gasteiger partial charge in [-0.25, -0.2) is 4.79 Å². The smallest absolute Gasteiger partial charge is 0.407 e. The van der Waals surface area contributed by atoms with E-state index in [0.29, 0.717) is 19.4 Å². The van der Waals surface area contributed by atoms with Gasteiger partial charge in [-0.1, -0.05) is 6.92 Å². The van der Waals surface area contributed by atoms with Crippen molar-refractivity contribution in [2.24, 2.45) is 11.7 Å². The molecule has 0 saturated carbocycles. The van der Waals surface area contributed by atoms with Crippen molar-refractivity contribution in [3.05, 3.63) is 0 Å². The normalized spacial score (nSPS) is 14.6. The number of hydrogen-bond acceptors (Lipinski definition) is 4. The Balaban J connectivity index is 4.13. The summed E-state index contributed by atoms with van der Waals surface area (Å²) in [6.07, 6.45) is 0.769. The molecule has 0 aromatic heterocycles. The molecule has 0 rings (SSSR count). The molecule has 0 radical (unpaired) electrons. The number of carbonyl (C=O) groups excluding carboxylic acids is 2. The number of nitrogens with one attached hydrogen (secondary N) is 1. The molecule has 2 amide bonds. The molecule has 6 heteroatoms. The van der Waals surface area contributed by atoms with Gasteiger partial charge in [0, 0.05) is 18.4 Å². The third-order valence-electron chi connectivity index (χ3n) is 3.08. The number of alkyl carbamates (subject to hydrolysis) is 1. The molecule has 0 aliphatic rings.